The maximum atomic E-state index is 14.0. The van der Waals surface area contributed by atoms with Crippen LogP contribution in [0, 0.1) is 0 Å². The van der Waals surface area contributed by atoms with Crippen molar-refractivity contribution in [3.8, 4) is 16.9 Å². The zero-order chi connectivity index (χ0) is 28.1. The summed E-state index contributed by atoms with van der Waals surface area (Å²) in [5.41, 5.74) is 7.21. The van der Waals surface area contributed by atoms with Crippen molar-refractivity contribution in [2.45, 2.75) is 12.6 Å². The molecule has 2 aliphatic heterocycles. The van der Waals surface area contributed by atoms with Crippen molar-refractivity contribution in [1.82, 2.24) is 14.9 Å². The molecule has 206 valence electrons. The van der Waals surface area contributed by atoms with E-state index < -0.39 is 6.04 Å². The lowest BCUT2D eigenvalue weighted by atomic mass is 10.00. The van der Waals surface area contributed by atoms with Crippen molar-refractivity contribution in [2.24, 2.45) is 5.84 Å². The average molecular weight is 564 g/mol. The monoisotopic (exact) mass is 563 g/mol. The van der Waals surface area contributed by atoms with Gasteiger partial charge in [0, 0.05) is 65.8 Å². The molecule has 1 atom stereocenters. The summed E-state index contributed by atoms with van der Waals surface area (Å²) < 4.78 is 0. The van der Waals surface area contributed by atoms with Crippen LogP contribution in [0.1, 0.15) is 33.2 Å². The van der Waals surface area contributed by atoms with E-state index >= 15 is 0 Å². The topological polar surface area (TPSA) is 88.8 Å². The molecule has 0 spiro atoms. The normalized spacial score (nSPS) is 16.4. The minimum Gasteiger partial charge on any atom is -0.508 e. The van der Waals surface area contributed by atoms with E-state index in [-0.39, 0.29) is 11.7 Å². The second-order valence-corrected chi connectivity index (χ2v) is 11.2. The number of amides is 1. The lowest BCUT2D eigenvalue weighted by Gasteiger charge is -2.33. The third-order valence-electron chi connectivity index (χ3n) is 8.26. The van der Waals surface area contributed by atoms with E-state index in [1.165, 1.54) is 5.69 Å². The van der Waals surface area contributed by atoms with E-state index in [0.29, 0.717) is 22.7 Å². The number of carbonyl (C=O) groups excluding carboxylic acids is 1. The second-order valence-electron chi connectivity index (χ2n) is 10.8. The molecule has 0 bridgehead atoms. The number of halogens is 1. The minimum atomic E-state index is -0.544. The standard InChI is InChI=1S/C33H30ClN5O2/c34-25-9-12-31(40)28(19-25)32(30-18-23-3-1-2-4-29(23)36-30)39-20-24-6-5-22(17-27(24)33(39)41)21-7-10-26(11-8-21)37-13-15-38(35)16-14-37/h1-12,17-19,32,36,40H,13-16,20,35H2/t32-/m1/s1. The molecule has 7 nitrogen and oxygen atoms in total. The molecule has 0 radical (unpaired) electrons. The number of hydrazine groups is 1. The van der Waals surface area contributed by atoms with Gasteiger partial charge in [0.15, 0.2) is 0 Å². The smallest absolute Gasteiger partial charge is 0.255 e. The highest BCUT2D eigenvalue weighted by molar-refractivity contribution is 6.30. The quantitative estimate of drug-likeness (QED) is 0.230. The lowest BCUT2D eigenvalue weighted by molar-refractivity contribution is 0.0727. The van der Waals surface area contributed by atoms with Gasteiger partial charge < -0.3 is 19.9 Å². The highest BCUT2D eigenvalue weighted by Gasteiger charge is 2.36. The second kappa shape index (κ2) is 10.3. The van der Waals surface area contributed by atoms with Crippen molar-refractivity contribution in [1.29, 1.82) is 0 Å². The SMILES string of the molecule is NN1CCN(c2ccc(-c3ccc4c(c3)C(=O)N([C@@H](c3cc5ccccc5[nH]3)c3cc(Cl)ccc3O)C4)cc2)CC1. The predicted molar refractivity (Wildman–Crippen MR) is 163 cm³/mol. The Morgan fingerprint density at radius 3 is 2.39 bits per heavy atom. The van der Waals surface area contributed by atoms with Crippen LogP contribution in [0.25, 0.3) is 22.0 Å². The van der Waals surface area contributed by atoms with Crippen LogP contribution < -0.4 is 10.7 Å². The highest BCUT2D eigenvalue weighted by Crippen LogP contribution is 2.41. The maximum Gasteiger partial charge on any atom is 0.255 e. The fraction of sp³-hybridized carbons (Fsp3) is 0.182. The molecule has 5 aromatic rings. The number of phenols is 1. The summed E-state index contributed by atoms with van der Waals surface area (Å²) >= 11 is 6.38. The summed E-state index contributed by atoms with van der Waals surface area (Å²) in [4.78, 5) is 21.7. The molecule has 4 aromatic carbocycles. The van der Waals surface area contributed by atoms with E-state index in [9.17, 15) is 9.90 Å². The molecule has 2 aliphatic rings. The lowest BCUT2D eigenvalue weighted by Crippen LogP contribution is -2.49. The molecule has 4 N–H and O–H groups in total. The number of benzene rings is 4. The molecule has 0 saturated carbocycles. The van der Waals surface area contributed by atoms with Gasteiger partial charge >= 0.3 is 0 Å². The Morgan fingerprint density at radius 2 is 1.61 bits per heavy atom. The van der Waals surface area contributed by atoms with E-state index in [4.69, 9.17) is 17.4 Å². The van der Waals surface area contributed by atoms with Crippen LogP contribution in [0.15, 0.2) is 91.0 Å². The number of H-pyrrole nitrogens is 1. The van der Waals surface area contributed by atoms with Crippen molar-refractivity contribution in [3.05, 3.63) is 118 Å². The summed E-state index contributed by atoms with van der Waals surface area (Å²) in [6, 6.07) is 29.1. The zero-order valence-electron chi connectivity index (χ0n) is 22.4. The number of aromatic amines is 1. The molecule has 3 heterocycles. The number of aromatic nitrogens is 1. The van der Waals surface area contributed by atoms with Crippen molar-refractivity contribution >= 4 is 34.1 Å². The minimum absolute atomic E-state index is 0.0823. The molecular weight excluding hydrogens is 534 g/mol. The number of hydrogen-bond acceptors (Lipinski definition) is 5. The highest BCUT2D eigenvalue weighted by atomic mass is 35.5. The first-order valence-corrected chi connectivity index (χ1v) is 14.2. The number of nitrogens with two attached hydrogens (primary N) is 1. The van der Waals surface area contributed by atoms with Crippen molar-refractivity contribution < 1.29 is 9.90 Å². The van der Waals surface area contributed by atoms with Gasteiger partial charge in [-0.25, -0.2) is 5.01 Å². The summed E-state index contributed by atoms with van der Waals surface area (Å²) in [5.74, 6) is 5.92. The number of fused-ring (bicyclic) bond motifs is 2. The first kappa shape index (κ1) is 25.7. The number of aromatic hydroxyl groups is 1. The van der Waals surface area contributed by atoms with Crippen LogP contribution in [-0.4, -0.2) is 52.1 Å². The molecule has 1 fully saturated rings. The summed E-state index contributed by atoms with van der Waals surface area (Å²) in [6.07, 6.45) is 0. The number of para-hydroxylation sites is 1. The largest absolute Gasteiger partial charge is 0.508 e. The van der Waals surface area contributed by atoms with Gasteiger partial charge in [-0.3, -0.25) is 10.6 Å². The van der Waals surface area contributed by atoms with Gasteiger partial charge in [-0.2, -0.15) is 0 Å². The van der Waals surface area contributed by atoms with Crippen LogP contribution in [0.2, 0.25) is 5.02 Å². The molecule has 41 heavy (non-hydrogen) atoms. The number of nitrogens with one attached hydrogen (secondary N) is 1. The van der Waals surface area contributed by atoms with Crippen LogP contribution in [-0.2, 0) is 6.54 Å². The van der Waals surface area contributed by atoms with Gasteiger partial charge in [0.2, 0.25) is 0 Å². The first-order chi connectivity index (χ1) is 19.9. The van der Waals surface area contributed by atoms with Crippen molar-refractivity contribution in [3.63, 3.8) is 0 Å². The Hall–Kier alpha value is -4.30. The summed E-state index contributed by atoms with van der Waals surface area (Å²) in [7, 11) is 0. The number of hydrogen-bond donors (Lipinski definition) is 3. The van der Waals surface area contributed by atoms with Crippen molar-refractivity contribution in [2.75, 3.05) is 31.1 Å². The summed E-state index contributed by atoms with van der Waals surface area (Å²) in [6.45, 7) is 3.92. The molecule has 0 unspecified atom stereocenters. The third kappa shape index (κ3) is 4.72. The number of piperazine rings is 1. The number of phenolic OH excluding ortho intramolecular Hbond substituents is 1. The number of carbonyl (C=O) groups is 1. The maximum absolute atomic E-state index is 14.0. The van der Waals surface area contributed by atoms with Gasteiger partial charge in [-0.1, -0.05) is 54.1 Å². The molecular formula is C33H30ClN5O2. The molecule has 1 amide bonds. The Morgan fingerprint density at radius 1 is 0.854 bits per heavy atom. The van der Waals surface area contributed by atoms with Crippen LogP contribution in [0.4, 0.5) is 5.69 Å². The van der Waals surface area contributed by atoms with E-state index in [2.05, 4.69) is 40.2 Å². The molecule has 1 aromatic heterocycles. The molecule has 7 rings (SSSR count). The molecule has 1 saturated heterocycles. The fourth-order valence-corrected chi connectivity index (χ4v) is 6.23. The number of anilines is 1. The Balaban J connectivity index is 1.22. The van der Waals surface area contributed by atoms with Crippen LogP contribution in [0.3, 0.4) is 0 Å². The predicted octanol–water partition coefficient (Wildman–Crippen LogP) is 5.94. The van der Waals surface area contributed by atoms with Gasteiger partial charge in [-0.05, 0) is 70.6 Å². The van der Waals surface area contributed by atoms with Gasteiger partial charge in [-0.15, -0.1) is 0 Å². The van der Waals surface area contributed by atoms with Gasteiger partial charge in [0.25, 0.3) is 5.91 Å². The molecule has 0 aliphatic carbocycles. The molecule has 8 heteroatoms. The summed E-state index contributed by atoms with van der Waals surface area (Å²) in [5, 5.41) is 14.3. The average Bonchev–Trinajstić information content (AvgIpc) is 3.56. The van der Waals surface area contributed by atoms with E-state index in [1.54, 1.807) is 18.2 Å². The number of rotatable bonds is 5. The van der Waals surface area contributed by atoms with Gasteiger partial charge in [0.05, 0.1) is 0 Å². The Labute approximate surface area is 243 Å². The van der Waals surface area contributed by atoms with Crippen LogP contribution >= 0.6 is 11.6 Å². The Bertz CT molecular complexity index is 1720. The fourth-order valence-electron chi connectivity index (χ4n) is 6.05. The zero-order valence-corrected chi connectivity index (χ0v) is 23.2. The van der Waals surface area contributed by atoms with Gasteiger partial charge in [0.1, 0.15) is 11.8 Å². The third-order valence-corrected chi connectivity index (χ3v) is 8.50. The van der Waals surface area contributed by atoms with E-state index in [1.807, 2.05) is 52.4 Å². The van der Waals surface area contributed by atoms with E-state index in [0.717, 1.165) is 59.5 Å². The Kier molecular flexibility index (Phi) is 6.43. The first-order valence-electron chi connectivity index (χ1n) is 13.8. The number of nitrogens with zero attached hydrogens (tertiary/aromatic N) is 3. The van der Waals surface area contributed by atoms with Crippen LogP contribution in [0.5, 0.6) is 5.75 Å².